The molecule has 0 bridgehead atoms. The van der Waals surface area contributed by atoms with Crippen LogP contribution in [0.2, 0.25) is 0 Å². The van der Waals surface area contributed by atoms with Crippen molar-refractivity contribution in [1.82, 2.24) is 0 Å². The van der Waals surface area contributed by atoms with E-state index in [1.807, 2.05) is 26.8 Å². The van der Waals surface area contributed by atoms with Crippen molar-refractivity contribution in [3.8, 4) is 5.75 Å². The Hall–Kier alpha value is -2.98. The van der Waals surface area contributed by atoms with Gasteiger partial charge in [0.15, 0.2) is 5.78 Å². The van der Waals surface area contributed by atoms with E-state index in [2.05, 4.69) is 6.58 Å². The molecule has 1 aromatic carbocycles. The predicted octanol–water partition coefficient (Wildman–Crippen LogP) is 4.59. The fraction of sp³-hybridized carbons (Fsp3) is 0.622. The average Bonchev–Trinajstić information content (AvgIpc) is 3.69. The summed E-state index contributed by atoms with van der Waals surface area (Å²) in [5.74, 6) is -0.234. The van der Waals surface area contributed by atoms with Crippen LogP contribution in [-0.2, 0) is 19.0 Å². The lowest BCUT2D eigenvalue weighted by molar-refractivity contribution is -0.295. The van der Waals surface area contributed by atoms with Crippen molar-refractivity contribution in [3.05, 3.63) is 65.5 Å². The van der Waals surface area contributed by atoms with Crippen LogP contribution in [0.15, 0.2) is 59.9 Å². The minimum absolute atomic E-state index is 0.00462. The summed E-state index contributed by atoms with van der Waals surface area (Å²) < 4.78 is 23.8. The van der Waals surface area contributed by atoms with Crippen LogP contribution in [0.25, 0.3) is 0 Å². The largest absolute Gasteiger partial charge is 0.497 e. The normalized spacial score (nSPS) is 43.8. The summed E-state index contributed by atoms with van der Waals surface area (Å²) in [6.45, 7) is 11.1. The number of aliphatic hydroxyl groups is 3. The van der Waals surface area contributed by atoms with E-state index in [4.69, 9.17) is 18.9 Å². The smallest absolute Gasteiger partial charge is 0.338 e. The fourth-order valence-electron chi connectivity index (χ4n) is 10.5. The van der Waals surface area contributed by atoms with Gasteiger partial charge in [-0.3, -0.25) is 4.79 Å². The number of esters is 1. The van der Waals surface area contributed by atoms with Crippen molar-refractivity contribution < 1.29 is 43.9 Å². The van der Waals surface area contributed by atoms with E-state index < -0.39 is 51.2 Å². The maximum absolute atomic E-state index is 13.7. The number of rotatable bonds is 6. The molecule has 9 nitrogen and oxygen atoms in total. The fourth-order valence-corrected chi connectivity index (χ4v) is 10.5. The Kier molecular flexibility index (Phi) is 6.88. The first-order chi connectivity index (χ1) is 21.6. The Balaban J connectivity index is 1.30. The zero-order valence-corrected chi connectivity index (χ0v) is 27.4. The lowest BCUT2D eigenvalue weighted by Gasteiger charge is -2.64. The summed E-state index contributed by atoms with van der Waals surface area (Å²) in [7, 11) is 1.54. The number of carbonyl (C=O) groups is 2. The van der Waals surface area contributed by atoms with E-state index in [1.165, 1.54) is 0 Å². The third-order valence-corrected chi connectivity index (χ3v) is 13.7. The van der Waals surface area contributed by atoms with Crippen LogP contribution in [0.5, 0.6) is 5.75 Å². The van der Waals surface area contributed by atoms with Crippen molar-refractivity contribution >= 4 is 11.8 Å². The Bertz CT molecular complexity index is 1560. The SMILES string of the molecule is C=C1O[C@@H]([C@](C)(O)[C@]2(O)CC[C@@]3(O)[C@@H]4C[C@H]5O[C@]56CC=CC(=O)[C@]6(C)[C@H]4CC[C@]23COC(=O)c2ccc(OC)cc2)CC(C)=C1C. The maximum Gasteiger partial charge on any atom is 0.338 e. The molecular weight excluding hydrogens is 588 g/mol. The standard InChI is InChI=1S/C37H46O9/c1-21-18-29(45-23(3)22(21)2)33(5,40)37(42)17-16-35(41)27-19-30-36(46-30)14-7-8-28(38)32(36,4)26(27)13-15-34(35,37)20-44-31(39)24-9-11-25(43-6)12-10-24/h7-12,26-27,29-30,40-42H,3,13-20H2,1-2,4-6H3/t26-,27+,29+,30+,32-,33-,34+,35+,36+,37+/m0/s1. The van der Waals surface area contributed by atoms with Crippen LogP contribution in [-0.4, -0.2) is 75.4 Å². The molecule has 3 N–H and O–H groups in total. The molecule has 0 radical (unpaired) electrons. The summed E-state index contributed by atoms with van der Waals surface area (Å²) in [4.78, 5) is 27.1. The third kappa shape index (κ3) is 3.77. The Morgan fingerprint density at radius 3 is 2.52 bits per heavy atom. The number of hydrogen-bond donors (Lipinski definition) is 3. The quantitative estimate of drug-likeness (QED) is 0.303. The minimum Gasteiger partial charge on any atom is -0.497 e. The summed E-state index contributed by atoms with van der Waals surface area (Å²) in [5.41, 5.74) is -6.06. The Morgan fingerprint density at radius 1 is 1.13 bits per heavy atom. The zero-order chi connectivity index (χ0) is 33.1. The van der Waals surface area contributed by atoms with Crippen molar-refractivity contribution in [2.75, 3.05) is 13.7 Å². The second-order valence-corrected chi connectivity index (χ2v) is 15.1. The summed E-state index contributed by atoms with van der Waals surface area (Å²) in [6.07, 6.45) is 4.93. The number of fused-ring (bicyclic) bond motifs is 4. The third-order valence-electron chi connectivity index (χ3n) is 13.7. The van der Waals surface area contributed by atoms with E-state index >= 15 is 0 Å². The van der Waals surface area contributed by atoms with Crippen molar-refractivity contribution in [3.63, 3.8) is 0 Å². The van der Waals surface area contributed by atoms with Crippen LogP contribution in [0.3, 0.4) is 0 Å². The number of methoxy groups -OCH3 is 1. The highest BCUT2D eigenvalue weighted by Gasteiger charge is 2.83. The van der Waals surface area contributed by atoms with E-state index in [0.717, 1.165) is 11.1 Å². The van der Waals surface area contributed by atoms with Gasteiger partial charge in [-0.2, -0.15) is 0 Å². The van der Waals surface area contributed by atoms with Gasteiger partial charge in [-0.1, -0.05) is 18.2 Å². The molecule has 0 unspecified atom stereocenters. The van der Waals surface area contributed by atoms with Gasteiger partial charge >= 0.3 is 5.97 Å². The van der Waals surface area contributed by atoms with Crippen LogP contribution in [0.1, 0.15) is 83.0 Å². The molecule has 3 saturated carbocycles. The molecule has 4 fully saturated rings. The first-order valence-corrected chi connectivity index (χ1v) is 16.5. The van der Waals surface area contributed by atoms with Gasteiger partial charge in [-0.15, -0.1) is 0 Å². The molecule has 1 spiro atoms. The summed E-state index contributed by atoms with van der Waals surface area (Å²) in [5, 5.41) is 38.7. The first-order valence-electron chi connectivity index (χ1n) is 16.5. The van der Waals surface area contributed by atoms with E-state index in [0.29, 0.717) is 42.8 Å². The molecule has 46 heavy (non-hydrogen) atoms. The molecule has 0 aromatic heterocycles. The molecule has 248 valence electrons. The van der Waals surface area contributed by atoms with E-state index in [1.54, 1.807) is 44.4 Å². The second-order valence-electron chi connectivity index (χ2n) is 15.1. The molecule has 4 aliphatic carbocycles. The van der Waals surface area contributed by atoms with E-state index in [9.17, 15) is 24.9 Å². The molecule has 7 rings (SSSR count). The minimum atomic E-state index is -1.92. The van der Waals surface area contributed by atoms with E-state index in [-0.39, 0.29) is 43.7 Å². The van der Waals surface area contributed by atoms with Crippen LogP contribution in [0.4, 0.5) is 0 Å². The molecule has 2 aliphatic heterocycles. The lowest BCUT2D eigenvalue weighted by Crippen LogP contribution is -2.75. The number of allylic oxidation sites excluding steroid dienone is 2. The number of ketones is 1. The highest BCUT2D eigenvalue weighted by Crippen LogP contribution is 2.75. The molecule has 2 heterocycles. The Labute approximate surface area is 270 Å². The molecule has 1 saturated heterocycles. The molecular formula is C37H46O9. The maximum atomic E-state index is 13.7. The average molecular weight is 635 g/mol. The molecule has 6 aliphatic rings. The topological polar surface area (TPSA) is 135 Å². The van der Waals surface area contributed by atoms with Gasteiger partial charge < -0.3 is 34.3 Å². The molecule has 9 heteroatoms. The van der Waals surface area contributed by atoms with Gasteiger partial charge in [-0.25, -0.2) is 4.79 Å². The molecule has 10 atom stereocenters. The molecule has 0 amide bonds. The van der Waals surface area contributed by atoms with Crippen LogP contribution < -0.4 is 4.74 Å². The first kappa shape index (κ1) is 31.6. The van der Waals surface area contributed by atoms with Crippen molar-refractivity contribution in [2.24, 2.45) is 22.7 Å². The van der Waals surface area contributed by atoms with Gasteiger partial charge in [0.05, 0.1) is 35.2 Å². The van der Waals surface area contributed by atoms with Gasteiger partial charge in [0.2, 0.25) is 0 Å². The number of epoxide rings is 1. The Morgan fingerprint density at radius 2 is 1.85 bits per heavy atom. The number of carbonyl (C=O) groups excluding carboxylic acids is 2. The number of ether oxygens (including phenoxy) is 4. The van der Waals surface area contributed by atoms with Gasteiger partial charge in [-0.05, 0) is 114 Å². The van der Waals surface area contributed by atoms with Crippen LogP contribution >= 0.6 is 0 Å². The monoisotopic (exact) mass is 634 g/mol. The molecule has 1 aromatic rings. The lowest BCUT2D eigenvalue weighted by atomic mass is 9.42. The van der Waals surface area contributed by atoms with Crippen molar-refractivity contribution in [1.29, 1.82) is 0 Å². The number of benzene rings is 1. The highest BCUT2D eigenvalue weighted by molar-refractivity contribution is 5.97. The zero-order valence-electron chi connectivity index (χ0n) is 27.4. The van der Waals surface area contributed by atoms with Gasteiger partial charge in [0.25, 0.3) is 0 Å². The second kappa shape index (κ2) is 10.0. The van der Waals surface area contributed by atoms with Crippen molar-refractivity contribution in [2.45, 2.75) is 107 Å². The predicted molar refractivity (Wildman–Crippen MR) is 168 cm³/mol. The highest BCUT2D eigenvalue weighted by atomic mass is 16.6. The summed E-state index contributed by atoms with van der Waals surface area (Å²) in [6, 6.07) is 6.54. The van der Waals surface area contributed by atoms with Gasteiger partial charge in [0.1, 0.15) is 41.0 Å². The van der Waals surface area contributed by atoms with Gasteiger partial charge in [0, 0.05) is 6.42 Å². The summed E-state index contributed by atoms with van der Waals surface area (Å²) >= 11 is 0. The number of hydrogen-bond acceptors (Lipinski definition) is 9. The van der Waals surface area contributed by atoms with Crippen LogP contribution in [0, 0.1) is 22.7 Å².